The molecular weight excluding hydrogens is 332 g/mol. The van der Waals surface area contributed by atoms with Crippen LogP contribution in [0.1, 0.15) is 11.3 Å². The van der Waals surface area contributed by atoms with Crippen LogP contribution in [0, 0.1) is 6.92 Å². The third-order valence-electron chi connectivity index (χ3n) is 4.61. The van der Waals surface area contributed by atoms with Gasteiger partial charge in [0.05, 0.1) is 17.9 Å². The maximum Gasteiger partial charge on any atom is 0.272 e. The highest BCUT2D eigenvalue weighted by molar-refractivity contribution is 5.78. The molecule has 132 valence electrons. The van der Waals surface area contributed by atoms with E-state index in [1.54, 1.807) is 6.92 Å². The van der Waals surface area contributed by atoms with Crippen LogP contribution < -0.4 is 5.56 Å². The summed E-state index contributed by atoms with van der Waals surface area (Å²) in [7, 11) is 0. The summed E-state index contributed by atoms with van der Waals surface area (Å²) in [5.41, 5.74) is 5.19. The summed E-state index contributed by atoms with van der Waals surface area (Å²) in [6.45, 7) is 2.29. The van der Waals surface area contributed by atoms with Gasteiger partial charge >= 0.3 is 0 Å². The van der Waals surface area contributed by atoms with E-state index in [0.29, 0.717) is 12.2 Å². The zero-order chi connectivity index (χ0) is 18.6. The third-order valence-corrected chi connectivity index (χ3v) is 4.61. The van der Waals surface area contributed by atoms with E-state index in [0.717, 1.165) is 28.1 Å². The Labute approximate surface area is 158 Å². The van der Waals surface area contributed by atoms with Gasteiger partial charge in [-0.15, -0.1) is 0 Å². The molecule has 1 heterocycles. The fourth-order valence-electron chi connectivity index (χ4n) is 3.30. The molecule has 3 heteroatoms. The minimum atomic E-state index is -0.0580. The first-order valence-corrected chi connectivity index (χ1v) is 9.00. The van der Waals surface area contributed by atoms with E-state index in [1.807, 2.05) is 95.6 Å². The van der Waals surface area contributed by atoms with Crippen molar-refractivity contribution in [2.75, 3.05) is 0 Å². The average Bonchev–Trinajstić information content (AvgIpc) is 2.73. The van der Waals surface area contributed by atoms with Crippen LogP contribution in [0.3, 0.4) is 0 Å². The molecule has 3 aromatic carbocycles. The standard InChI is InChI=1S/C24H20N2O/c1-18-24(27)26(17-19-11-5-2-6-12-19)23(21-15-9-4-10-16-21)22(25-18)20-13-7-3-8-14-20/h2-16H,17H2,1H3. The molecule has 0 radical (unpaired) electrons. The summed E-state index contributed by atoms with van der Waals surface area (Å²) in [4.78, 5) is 17.7. The van der Waals surface area contributed by atoms with Gasteiger partial charge in [-0.1, -0.05) is 91.0 Å². The molecule has 27 heavy (non-hydrogen) atoms. The Bertz CT molecular complexity index is 1100. The fourth-order valence-corrected chi connectivity index (χ4v) is 3.30. The molecule has 4 aromatic rings. The maximum absolute atomic E-state index is 13.1. The van der Waals surface area contributed by atoms with Gasteiger partial charge < -0.3 is 4.57 Å². The summed E-state index contributed by atoms with van der Waals surface area (Å²) < 4.78 is 1.84. The lowest BCUT2D eigenvalue weighted by molar-refractivity contribution is 0.749. The number of hydrogen-bond donors (Lipinski definition) is 0. The Balaban J connectivity index is 2.02. The van der Waals surface area contributed by atoms with Crippen molar-refractivity contribution < 1.29 is 0 Å². The van der Waals surface area contributed by atoms with Gasteiger partial charge in [0.15, 0.2) is 0 Å². The quantitative estimate of drug-likeness (QED) is 0.522. The van der Waals surface area contributed by atoms with E-state index >= 15 is 0 Å². The molecule has 0 saturated carbocycles. The Kier molecular flexibility index (Phi) is 4.67. The molecule has 4 rings (SSSR count). The van der Waals surface area contributed by atoms with E-state index in [4.69, 9.17) is 0 Å². The summed E-state index contributed by atoms with van der Waals surface area (Å²) in [6.07, 6.45) is 0. The van der Waals surface area contributed by atoms with Crippen LogP contribution in [0.5, 0.6) is 0 Å². The monoisotopic (exact) mass is 352 g/mol. The van der Waals surface area contributed by atoms with Crippen LogP contribution in [-0.4, -0.2) is 9.55 Å². The second-order valence-corrected chi connectivity index (χ2v) is 6.50. The van der Waals surface area contributed by atoms with Crippen molar-refractivity contribution in [3.05, 3.63) is 113 Å². The fraction of sp³-hybridized carbons (Fsp3) is 0.0833. The number of benzene rings is 3. The number of nitrogens with zero attached hydrogens (tertiary/aromatic N) is 2. The van der Waals surface area contributed by atoms with Crippen LogP contribution in [0.4, 0.5) is 0 Å². The summed E-state index contributed by atoms with van der Waals surface area (Å²) >= 11 is 0. The van der Waals surface area contributed by atoms with Gasteiger partial charge in [0.2, 0.25) is 0 Å². The molecular formula is C24H20N2O. The molecule has 1 aromatic heterocycles. The zero-order valence-corrected chi connectivity index (χ0v) is 15.2. The Hall–Kier alpha value is -3.46. The van der Waals surface area contributed by atoms with Crippen molar-refractivity contribution in [1.82, 2.24) is 9.55 Å². The summed E-state index contributed by atoms with van der Waals surface area (Å²) in [6, 6.07) is 30.1. The Morgan fingerprint density at radius 3 is 1.85 bits per heavy atom. The average molecular weight is 352 g/mol. The molecule has 0 aliphatic heterocycles. The predicted octanol–water partition coefficient (Wildman–Crippen LogP) is 4.93. The minimum absolute atomic E-state index is 0.0580. The summed E-state index contributed by atoms with van der Waals surface area (Å²) in [5, 5.41) is 0. The van der Waals surface area contributed by atoms with Crippen molar-refractivity contribution in [3.63, 3.8) is 0 Å². The number of aryl methyl sites for hydroxylation is 1. The van der Waals surface area contributed by atoms with Crippen LogP contribution in [0.2, 0.25) is 0 Å². The maximum atomic E-state index is 13.1. The molecule has 0 atom stereocenters. The lowest BCUT2D eigenvalue weighted by atomic mass is 10.0. The van der Waals surface area contributed by atoms with Gasteiger partial charge in [0.1, 0.15) is 5.69 Å². The lowest BCUT2D eigenvalue weighted by Crippen LogP contribution is -2.26. The van der Waals surface area contributed by atoms with E-state index in [9.17, 15) is 4.79 Å². The first kappa shape index (κ1) is 17.0. The smallest absolute Gasteiger partial charge is 0.272 e. The molecule has 0 N–H and O–H groups in total. The third kappa shape index (κ3) is 3.44. The van der Waals surface area contributed by atoms with Gasteiger partial charge in [-0.3, -0.25) is 4.79 Å². The largest absolute Gasteiger partial charge is 0.300 e. The van der Waals surface area contributed by atoms with Gasteiger partial charge in [-0.25, -0.2) is 4.98 Å². The van der Waals surface area contributed by atoms with Gasteiger partial charge in [0.25, 0.3) is 5.56 Å². The molecule has 0 unspecified atom stereocenters. The van der Waals surface area contributed by atoms with Crippen molar-refractivity contribution >= 4 is 0 Å². The Morgan fingerprint density at radius 1 is 0.741 bits per heavy atom. The molecule has 0 aliphatic carbocycles. The Morgan fingerprint density at radius 2 is 1.26 bits per heavy atom. The second kappa shape index (κ2) is 7.42. The summed E-state index contributed by atoms with van der Waals surface area (Å²) in [5.74, 6) is 0. The van der Waals surface area contributed by atoms with Crippen molar-refractivity contribution in [2.24, 2.45) is 0 Å². The number of rotatable bonds is 4. The molecule has 0 amide bonds. The minimum Gasteiger partial charge on any atom is -0.300 e. The van der Waals surface area contributed by atoms with E-state index in [-0.39, 0.29) is 5.56 Å². The number of hydrogen-bond acceptors (Lipinski definition) is 2. The molecule has 0 spiro atoms. The molecule has 0 fully saturated rings. The van der Waals surface area contributed by atoms with E-state index < -0.39 is 0 Å². The van der Waals surface area contributed by atoms with Crippen molar-refractivity contribution in [2.45, 2.75) is 13.5 Å². The predicted molar refractivity (Wildman–Crippen MR) is 110 cm³/mol. The van der Waals surface area contributed by atoms with Crippen LogP contribution in [-0.2, 0) is 6.54 Å². The van der Waals surface area contributed by atoms with Gasteiger partial charge in [0, 0.05) is 11.1 Å². The lowest BCUT2D eigenvalue weighted by Gasteiger charge is -2.18. The van der Waals surface area contributed by atoms with Crippen LogP contribution >= 0.6 is 0 Å². The highest BCUT2D eigenvalue weighted by Gasteiger charge is 2.17. The molecule has 0 bridgehead atoms. The topological polar surface area (TPSA) is 34.9 Å². The first-order valence-electron chi connectivity index (χ1n) is 9.00. The van der Waals surface area contributed by atoms with E-state index in [1.165, 1.54) is 0 Å². The molecule has 0 saturated heterocycles. The SMILES string of the molecule is Cc1nc(-c2ccccc2)c(-c2ccccc2)n(Cc2ccccc2)c1=O. The highest BCUT2D eigenvalue weighted by Crippen LogP contribution is 2.30. The molecule has 0 aliphatic rings. The van der Waals surface area contributed by atoms with E-state index in [2.05, 4.69) is 4.98 Å². The normalized spacial score (nSPS) is 10.7. The number of aromatic nitrogens is 2. The second-order valence-electron chi connectivity index (χ2n) is 6.50. The van der Waals surface area contributed by atoms with Crippen molar-refractivity contribution in [1.29, 1.82) is 0 Å². The van der Waals surface area contributed by atoms with Crippen LogP contribution in [0.25, 0.3) is 22.5 Å². The highest BCUT2D eigenvalue weighted by atomic mass is 16.1. The molecule has 3 nitrogen and oxygen atoms in total. The van der Waals surface area contributed by atoms with Gasteiger partial charge in [-0.2, -0.15) is 0 Å². The zero-order valence-electron chi connectivity index (χ0n) is 15.2. The van der Waals surface area contributed by atoms with Crippen molar-refractivity contribution in [3.8, 4) is 22.5 Å². The first-order chi connectivity index (χ1) is 13.2. The van der Waals surface area contributed by atoms with Crippen LogP contribution in [0.15, 0.2) is 95.8 Å². The van der Waals surface area contributed by atoms with Gasteiger partial charge in [-0.05, 0) is 12.5 Å².